The van der Waals surface area contributed by atoms with E-state index < -0.39 is 17.8 Å². The fraction of sp³-hybridized carbons (Fsp3) is 0.250. The molecule has 0 amide bonds. The minimum atomic E-state index is -2.08. The van der Waals surface area contributed by atoms with Crippen LogP contribution in [0.1, 0.15) is 41.5 Å². The summed E-state index contributed by atoms with van der Waals surface area (Å²) in [6.07, 6.45) is 0. The largest absolute Gasteiger partial charge is 0.556 e. The van der Waals surface area contributed by atoms with Crippen molar-refractivity contribution in [3.8, 4) is 0 Å². The van der Waals surface area contributed by atoms with Crippen molar-refractivity contribution >= 4 is 80.5 Å². The van der Waals surface area contributed by atoms with Crippen molar-refractivity contribution in [3.05, 3.63) is 84.9 Å². The summed E-state index contributed by atoms with van der Waals surface area (Å²) < 4.78 is 19.5. The van der Waals surface area contributed by atoms with Crippen molar-refractivity contribution in [2.45, 2.75) is 52.7 Å². The third-order valence-electron chi connectivity index (χ3n) is 6.73. The van der Waals surface area contributed by atoms with Gasteiger partial charge in [-0.1, -0.05) is 72.8 Å². The summed E-state index contributed by atoms with van der Waals surface area (Å²) in [6, 6.07) is 30.6. The molecule has 6 aromatic rings. The molecule has 2 aromatic heterocycles. The number of hydrogen-bond acceptors (Lipinski definition) is 4. The molecular weight excluding hydrogens is 491 g/mol. The molecule has 0 bridgehead atoms. The van der Waals surface area contributed by atoms with Gasteiger partial charge in [0.1, 0.15) is 0 Å². The highest BCUT2D eigenvalue weighted by Crippen LogP contribution is 2.38. The second-order valence-electron chi connectivity index (χ2n) is 11.8. The fourth-order valence-electron chi connectivity index (χ4n) is 5.58. The first kappa shape index (κ1) is 24.6. The summed E-state index contributed by atoms with van der Waals surface area (Å²) in [7, 11) is 0. The summed E-state index contributed by atoms with van der Waals surface area (Å²) in [6.45, 7) is 10.7. The summed E-state index contributed by atoms with van der Waals surface area (Å²) in [4.78, 5) is 0. The highest BCUT2D eigenvalue weighted by Gasteiger charge is 2.41. The summed E-state index contributed by atoms with van der Waals surface area (Å²) in [5.74, 6) is 0. The molecule has 188 valence electrons. The van der Waals surface area contributed by atoms with E-state index in [4.69, 9.17) is 9.31 Å². The number of thiophene rings is 2. The molecule has 0 aliphatic carbocycles. The molecule has 0 saturated heterocycles. The second kappa shape index (κ2) is 8.67. The number of rotatable bonds is 4. The van der Waals surface area contributed by atoms with Gasteiger partial charge in [0.05, 0.1) is 0 Å². The van der Waals surface area contributed by atoms with E-state index in [0.29, 0.717) is 0 Å². The van der Waals surface area contributed by atoms with E-state index in [2.05, 4.69) is 126 Å². The Kier molecular flexibility index (Phi) is 5.77. The van der Waals surface area contributed by atoms with Crippen LogP contribution in [0.2, 0.25) is 0 Å². The van der Waals surface area contributed by atoms with Gasteiger partial charge in [-0.2, -0.15) is 0 Å². The van der Waals surface area contributed by atoms with E-state index >= 15 is 0 Å². The highest BCUT2D eigenvalue weighted by molar-refractivity contribution is 7.29. The number of hydrogen-bond donors (Lipinski definition) is 0. The first-order valence-electron chi connectivity index (χ1n) is 12.9. The predicted octanol–water partition coefficient (Wildman–Crippen LogP) is 8.61. The topological polar surface area (TPSA) is 18.5 Å². The fourth-order valence-corrected chi connectivity index (χ4v) is 8.14. The lowest BCUT2D eigenvalue weighted by Crippen LogP contribution is -2.68. The third-order valence-corrected chi connectivity index (χ3v) is 9.20. The van der Waals surface area contributed by atoms with Gasteiger partial charge in [-0.25, -0.2) is 0 Å². The van der Waals surface area contributed by atoms with Gasteiger partial charge in [0.25, 0.3) is 0 Å². The Bertz CT molecular complexity index is 1630. The molecule has 2 nitrogen and oxygen atoms in total. The SMILES string of the molecule is CC(C)(C)O[B-](OC(C)(C)C)(c1cccc2c1sc1ccccc12)c1cccc2c1sc1ccccc12. The van der Waals surface area contributed by atoms with Crippen LogP contribution in [0.15, 0.2) is 84.9 Å². The van der Waals surface area contributed by atoms with Crippen molar-refractivity contribution in [3.63, 3.8) is 0 Å². The smallest absolute Gasteiger partial charge is 0.302 e. The predicted molar refractivity (Wildman–Crippen MR) is 165 cm³/mol. The van der Waals surface area contributed by atoms with Crippen molar-refractivity contribution < 1.29 is 9.31 Å². The maximum atomic E-state index is 7.24. The van der Waals surface area contributed by atoms with E-state index in [9.17, 15) is 0 Å². The lowest BCUT2D eigenvalue weighted by molar-refractivity contribution is 0.0299. The molecule has 6 rings (SSSR count). The molecule has 0 spiro atoms. The van der Waals surface area contributed by atoms with Crippen LogP contribution in [0.4, 0.5) is 0 Å². The zero-order chi connectivity index (χ0) is 26.0. The van der Waals surface area contributed by atoms with Crippen LogP contribution in [0.25, 0.3) is 40.3 Å². The van der Waals surface area contributed by atoms with Gasteiger partial charge in [0.15, 0.2) is 0 Å². The van der Waals surface area contributed by atoms with Crippen LogP contribution in [0.3, 0.4) is 0 Å². The van der Waals surface area contributed by atoms with Gasteiger partial charge in [-0.3, -0.25) is 0 Å². The molecule has 37 heavy (non-hydrogen) atoms. The minimum Gasteiger partial charge on any atom is -0.556 e. The molecule has 2 heterocycles. The first-order valence-corrected chi connectivity index (χ1v) is 14.5. The molecule has 5 heteroatoms. The van der Waals surface area contributed by atoms with Crippen molar-refractivity contribution in [2.75, 3.05) is 0 Å². The molecule has 4 aromatic carbocycles. The van der Waals surface area contributed by atoms with Crippen LogP contribution >= 0.6 is 22.7 Å². The molecule has 0 aliphatic rings. The normalized spacial score (nSPS) is 13.4. The van der Waals surface area contributed by atoms with E-state index in [-0.39, 0.29) is 0 Å². The summed E-state index contributed by atoms with van der Waals surface area (Å²) in [5.41, 5.74) is 1.35. The average Bonchev–Trinajstić information content (AvgIpc) is 3.40. The Morgan fingerprint density at radius 2 is 0.865 bits per heavy atom. The minimum absolute atomic E-state index is 0.442. The van der Waals surface area contributed by atoms with Gasteiger partial charge in [-0.15, -0.1) is 33.6 Å². The Labute approximate surface area is 226 Å². The van der Waals surface area contributed by atoms with Gasteiger partial charge in [-0.05, 0) is 64.4 Å². The maximum Gasteiger partial charge on any atom is 0.302 e. The summed E-state index contributed by atoms with van der Waals surface area (Å²) in [5, 5.41) is 5.06. The quantitative estimate of drug-likeness (QED) is 0.215. The number of benzene rings is 4. The molecular formula is C32H32BO2S2-. The zero-order valence-corrected chi connectivity index (χ0v) is 23.9. The van der Waals surface area contributed by atoms with Crippen LogP contribution < -0.4 is 10.9 Å². The molecule has 0 unspecified atom stereocenters. The van der Waals surface area contributed by atoms with Crippen molar-refractivity contribution in [2.24, 2.45) is 0 Å². The number of fused-ring (bicyclic) bond motifs is 6. The van der Waals surface area contributed by atoms with E-state index in [1.165, 1.54) is 40.3 Å². The summed E-state index contributed by atoms with van der Waals surface area (Å²) >= 11 is 3.66. The maximum absolute atomic E-state index is 7.24. The van der Waals surface area contributed by atoms with E-state index in [1.54, 1.807) is 0 Å². The van der Waals surface area contributed by atoms with Gasteiger partial charge in [0.2, 0.25) is 0 Å². The van der Waals surface area contributed by atoms with Crippen LogP contribution in [0, 0.1) is 0 Å². The van der Waals surface area contributed by atoms with Crippen LogP contribution in [-0.2, 0) is 9.31 Å². The molecule has 0 radical (unpaired) electrons. The van der Waals surface area contributed by atoms with Crippen LogP contribution in [0.5, 0.6) is 0 Å². The second-order valence-corrected chi connectivity index (χ2v) is 13.9. The van der Waals surface area contributed by atoms with Crippen molar-refractivity contribution in [1.82, 2.24) is 0 Å². The molecule has 0 N–H and O–H groups in total. The van der Waals surface area contributed by atoms with E-state index in [0.717, 1.165) is 10.9 Å². The van der Waals surface area contributed by atoms with E-state index in [1.807, 2.05) is 22.7 Å². The highest BCUT2D eigenvalue weighted by atomic mass is 32.1. The van der Waals surface area contributed by atoms with Crippen LogP contribution in [-0.4, -0.2) is 17.8 Å². The Hall–Kier alpha value is -2.70. The standard InChI is InChI=1S/C32H32BO2S2/c1-31(2,3)34-33(35-32(4,5)6,25-17-11-15-23-21-13-7-9-19-27(21)36-29(23)25)26-18-12-16-24-22-14-8-10-20-28(22)37-30(24)26/h7-20H,1-6H3/q-1. The third kappa shape index (κ3) is 4.28. The first-order chi connectivity index (χ1) is 17.6. The molecule has 0 saturated carbocycles. The molecule has 0 atom stereocenters. The lowest BCUT2D eigenvalue weighted by atomic mass is 9.45. The Balaban J connectivity index is 1.77. The van der Waals surface area contributed by atoms with Gasteiger partial charge >= 0.3 is 6.55 Å². The average molecular weight is 524 g/mol. The van der Waals surface area contributed by atoms with Gasteiger partial charge < -0.3 is 9.31 Å². The molecule has 0 fully saturated rings. The molecule has 0 aliphatic heterocycles. The van der Waals surface area contributed by atoms with Crippen molar-refractivity contribution in [1.29, 1.82) is 0 Å². The van der Waals surface area contributed by atoms with Gasteiger partial charge in [0, 0.05) is 40.8 Å². The lowest BCUT2D eigenvalue weighted by Gasteiger charge is -2.52. The Morgan fingerprint density at radius 3 is 1.27 bits per heavy atom. The Morgan fingerprint density at radius 1 is 0.486 bits per heavy atom. The zero-order valence-electron chi connectivity index (χ0n) is 22.3. The monoisotopic (exact) mass is 523 g/mol.